The number of hydrogen-bond donors (Lipinski definition) is 1. The fourth-order valence-electron chi connectivity index (χ4n) is 3.98. The van der Waals surface area contributed by atoms with Crippen molar-refractivity contribution in [1.82, 2.24) is 10.2 Å². The molecule has 1 N–H and O–H groups in total. The van der Waals surface area contributed by atoms with E-state index in [9.17, 15) is 9.18 Å². The molecule has 1 heterocycles. The molecule has 1 fully saturated rings. The van der Waals surface area contributed by atoms with Gasteiger partial charge in [-0.15, -0.1) is 0 Å². The number of aryl methyl sites for hydroxylation is 1. The van der Waals surface area contributed by atoms with Crippen molar-refractivity contribution < 1.29 is 9.18 Å². The van der Waals surface area contributed by atoms with Crippen LogP contribution in [-0.4, -0.2) is 37.0 Å². The Morgan fingerprint density at radius 2 is 1.65 bits per heavy atom. The van der Waals surface area contributed by atoms with Crippen molar-refractivity contribution in [3.63, 3.8) is 0 Å². The van der Waals surface area contributed by atoms with Gasteiger partial charge in [0, 0.05) is 50.5 Å². The average Bonchev–Trinajstić information content (AvgIpc) is 2.80. The quantitative estimate of drug-likeness (QED) is 0.646. The fraction of sp³-hybridized carbons (Fsp3) is 0.269. The van der Waals surface area contributed by atoms with E-state index in [0.29, 0.717) is 6.54 Å². The number of halogens is 1. The third-order valence-corrected chi connectivity index (χ3v) is 5.81. The average molecular weight is 418 g/mol. The van der Waals surface area contributed by atoms with E-state index in [1.54, 1.807) is 0 Å². The SMILES string of the molecule is Cc1ccccc1C(=O)NCc1cccc(N2CCN(Cc3ccc(F)cc3)CC2)c1. The molecule has 0 aromatic heterocycles. The Morgan fingerprint density at radius 3 is 2.39 bits per heavy atom. The molecular weight excluding hydrogens is 389 g/mol. The van der Waals surface area contributed by atoms with Crippen LogP contribution >= 0.6 is 0 Å². The molecular formula is C26H28FN3O. The summed E-state index contributed by atoms with van der Waals surface area (Å²) < 4.78 is 13.1. The Balaban J connectivity index is 1.31. The molecule has 0 spiro atoms. The van der Waals surface area contributed by atoms with E-state index >= 15 is 0 Å². The molecule has 1 aliphatic heterocycles. The standard InChI is InChI=1S/C26H28FN3O/c1-20-5-2-3-8-25(20)26(31)28-18-22-6-4-7-24(17-22)30-15-13-29(14-16-30)19-21-9-11-23(27)12-10-21/h2-12,17H,13-16,18-19H2,1H3,(H,28,31). The second-order valence-corrected chi connectivity index (χ2v) is 8.06. The van der Waals surface area contributed by atoms with Gasteiger partial charge >= 0.3 is 0 Å². The van der Waals surface area contributed by atoms with E-state index in [1.165, 1.54) is 17.8 Å². The summed E-state index contributed by atoms with van der Waals surface area (Å²) in [4.78, 5) is 17.3. The zero-order valence-electron chi connectivity index (χ0n) is 17.9. The van der Waals surface area contributed by atoms with Crippen LogP contribution in [0.3, 0.4) is 0 Å². The summed E-state index contributed by atoms with van der Waals surface area (Å²) in [7, 11) is 0. The zero-order valence-corrected chi connectivity index (χ0v) is 17.9. The normalized spacial score (nSPS) is 14.5. The number of rotatable bonds is 6. The number of piperazine rings is 1. The van der Waals surface area contributed by atoms with Gasteiger partial charge in [-0.1, -0.05) is 42.5 Å². The van der Waals surface area contributed by atoms with Crippen molar-refractivity contribution >= 4 is 11.6 Å². The van der Waals surface area contributed by atoms with E-state index in [4.69, 9.17) is 0 Å². The highest BCUT2D eigenvalue weighted by Crippen LogP contribution is 2.19. The minimum atomic E-state index is -0.191. The van der Waals surface area contributed by atoms with Crippen molar-refractivity contribution in [2.24, 2.45) is 0 Å². The molecule has 1 amide bonds. The number of amides is 1. The van der Waals surface area contributed by atoms with Crippen molar-refractivity contribution in [1.29, 1.82) is 0 Å². The Bertz CT molecular complexity index is 1030. The minimum absolute atomic E-state index is 0.0436. The Kier molecular flexibility index (Phi) is 6.63. The second-order valence-electron chi connectivity index (χ2n) is 8.06. The van der Waals surface area contributed by atoms with Gasteiger partial charge in [-0.3, -0.25) is 9.69 Å². The van der Waals surface area contributed by atoms with Crippen LogP contribution < -0.4 is 10.2 Å². The molecule has 160 valence electrons. The Hall–Kier alpha value is -3.18. The monoisotopic (exact) mass is 417 g/mol. The lowest BCUT2D eigenvalue weighted by Crippen LogP contribution is -2.46. The molecule has 5 heteroatoms. The molecule has 0 unspecified atom stereocenters. The van der Waals surface area contributed by atoms with Crippen molar-refractivity contribution in [3.8, 4) is 0 Å². The van der Waals surface area contributed by atoms with Crippen molar-refractivity contribution in [3.05, 3.63) is 101 Å². The van der Waals surface area contributed by atoms with Crippen LogP contribution in [0.4, 0.5) is 10.1 Å². The molecule has 1 saturated heterocycles. The van der Waals surface area contributed by atoms with E-state index < -0.39 is 0 Å². The van der Waals surface area contributed by atoms with Crippen LogP contribution in [-0.2, 0) is 13.1 Å². The third-order valence-electron chi connectivity index (χ3n) is 5.81. The summed E-state index contributed by atoms with van der Waals surface area (Å²) in [6, 6.07) is 22.8. The second kappa shape index (κ2) is 9.75. The maximum Gasteiger partial charge on any atom is 0.251 e. The minimum Gasteiger partial charge on any atom is -0.369 e. The molecule has 3 aromatic rings. The predicted molar refractivity (Wildman–Crippen MR) is 123 cm³/mol. The van der Waals surface area contributed by atoms with Gasteiger partial charge in [0.1, 0.15) is 5.82 Å². The summed E-state index contributed by atoms with van der Waals surface area (Å²) in [6.45, 7) is 7.12. The molecule has 0 radical (unpaired) electrons. The lowest BCUT2D eigenvalue weighted by molar-refractivity contribution is 0.0950. The van der Waals surface area contributed by atoms with Crippen LogP contribution in [0.15, 0.2) is 72.8 Å². The van der Waals surface area contributed by atoms with Crippen LogP contribution in [0.25, 0.3) is 0 Å². The number of anilines is 1. The lowest BCUT2D eigenvalue weighted by atomic mass is 10.1. The number of carbonyl (C=O) groups excluding carboxylic acids is 1. The van der Waals surface area contributed by atoms with Gasteiger partial charge in [0.2, 0.25) is 0 Å². The lowest BCUT2D eigenvalue weighted by Gasteiger charge is -2.36. The zero-order chi connectivity index (χ0) is 21.6. The largest absolute Gasteiger partial charge is 0.369 e. The third kappa shape index (κ3) is 5.50. The van der Waals surface area contributed by atoms with Crippen LogP contribution in [0.5, 0.6) is 0 Å². The molecule has 0 saturated carbocycles. The first-order chi connectivity index (χ1) is 15.1. The van der Waals surface area contributed by atoms with Gasteiger partial charge in [0.15, 0.2) is 0 Å². The molecule has 0 aliphatic carbocycles. The van der Waals surface area contributed by atoms with E-state index in [1.807, 2.05) is 49.4 Å². The van der Waals surface area contributed by atoms with Crippen LogP contribution in [0.1, 0.15) is 27.0 Å². The predicted octanol–water partition coefficient (Wildman–Crippen LogP) is 4.39. The first kappa shape index (κ1) is 21.1. The first-order valence-electron chi connectivity index (χ1n) is 10.7. The topological polar surface area (TPSA) is 35.6 Å². The highest BCUT2D eigenvalue weighted by Gasteiger charge is 2.18. The number of benzene rings is 3. The Labute approximate surface area is 183 Å². The van der Waals surface area contributed by atoms with Gasteiger partial charge in [-0.05, 0) is 53.9 Å². The highest BCUT2D eigenvalue weighted by atomic mass is 19.1. The molecule has 3 aromatic carbocycles. The summed E-state index contributed by atoms with van der Waals surface area (Å²) in [5.74, 6) is -0.235. The molecule has 1 aliphatic rings. The maximum atomic E-state index is 13.1. The summed E-state index contributed by atoms with van der Waals surface area (Å²) in [5, 5.41) is 3.03. The molecule has 0 atom stereocenters. The van der Waals surface area contributed by atoms with Crippen molar-refractivity contribution in [2.75, 3.05) is 31.1 Å². The summed E-state index contributed by atoms with van der Waals surface area (Å²) in [6.07, 6.45) is 0. The number of hydrogen-bond acceptors (Lipinski definition) is 3. The number of nitrogens with zero attached hydrogens (tertiary/aromatic N) is 2. The fourth-order valence-corrected chi connectivity index (χ4v) is 3.98. The van der Waals surface area contributed by atoms with Crippen molar-refractivity contribution in [2.45, 2.75) is 20.0 Å². The molecule has 4 nitrogen and oxygen atoms in total. The smallest absolute Gasteiger partial charge is 0.251 e. The Morgan fingerprint density at radius 1 is 0.903 bits per heavy atom. The van der Waals surface area contributed by atoms with Gasteiger partial charge in [-0.2, -0.15) is 0 Å². The van der Waals surface area contributed by atoms with Gasteiger partial charge in [0.25, 0.3) is 5.91 Å². The number of carbonyl (C=O) groups is 1. The van der Waals surface area contributed by atoms with E-state index in [-0.39, 0.29) is 11.7 Å². The van der Waals surface area contributed by atoms with E-state index in [2.05, 4.69) is 33.3 Å². The van der Waals surface area contributed by atoms with Crippen LogP contribution in [0.2, 0.25) is 0 Å². The number of nitrogens with one attached hydrogen (secondary N) is 1. The van der Waals surface area contributed by atoms with Gasteiger partial charge in [-0.25, -0.2) is 4.39 Å². The van der Waals surface area contributed by atoms with E-state index in [0.717, 1.165) is 55.0 Å². The molecule has 0 bridgehead atoms. The maximum absolute atomic E-state index is 13.1. The first-order valence-corrected chi connectivity index (χ1v) is 10.7. The molecule has 31 heavy (non-hydrogen) atoms. The summed E-state index contributed by atoms with van der Waals surface area (Å²) >= 11 is 0. The molecule has 4 rings (SSSR count). The summed E-state index contributed by atoms with van der Waals surface area (Å²) in [5.41, 5.74) is 5.11. The van der Waals surface area contributed by atoms with Gasteiger partial charge in [0.05, 0.1) is 0 Å². The van der Waals surface area contributed by atoms with Crippen LogP contribution in [0, 0.1) is 12.7 Å². The highest BCUT2D eigenvalue weighted by molar-refractivity contribution is 5.95. The van der Waals surface area contributed by atoms with Gasteiger partial charge < -0.3 is 10.2 Å².